The molecule has 0 aliphatic rings. The van der Waals surface area contributed by atoms with Gasteiger partial charge in [0.2, 0.25) is 0 Å². The highest BCUT2D eigenvalue weighted by molar-refractivity contribution is 6.30. The van der Waals surface area contributed by atoms with Gasteiger partial charge in [-0.1, -0.05) is 24.9 Å². The van der Waals surface area contributed by atoms with Crippen molar-refractivity contribution in [2.24, 2.45) is 0 Å². The van der Waals surface area contributed by atoms with Crippen LogP contribution in [0.25, 0.3) is 0 Å². The van der Waals surface area contributed by atoms with Crippen molar-refractivity contribution >= 4 is 11.6 Å². The monoisotopic (exact) mass is 199 g/mol. The fourth-order valence-electron chi connectivity index (χ4n) is 1.14. The molecule has 0 fully saturated rings. The van der Waals surface area contributed by atoms with Crippen LogP contribution in [0, 0.1) is 0 Å². The van der Waals surface area contributed by atoms with Gasteiger partial charge in [-0.15, -0.1) is 0 Å². The van der Waals surface area contributed by atoms with E-state index in [0.29, 0.717) is 10.9 Å². The largest absolute Gasteiger partial charge is 0.487 e. The van der Waals surface area contributed by atoms with Crippen molar-refractivity contribution in [3.05, 3.63) is 23.5 Å². The van der Waals surface area contributed by atoms with Gasteiger partial charge in [-0.05, 0) is 25.5 Å². The topological polar surface area (TPSA) is 22.1 Å². The Labute approximate surface area is 83.9 Å². The van der Waals surface area contributed by atoms with Gasteiger partial charge in [0.1, 0.15) is 0 Å². The lowest BCUT2D eigenvalue weighted by Crippen LogP contribution is -2.11. The van der Waals surface area contributed by atoms with E-state index >= 15 is 0 Å². The lowest BCUT2D eigenvalue weighted by Gasteiger charge is -2.13. The van der Waals surface area contributed by atoms with Crippen molar-refractivity contribution in [1.29, 1.82) is 0 Å². The zero-order valence-electron chi connectivity index (χ0n) is 7.96. The summed E-state index contributed by atoms with van der Waals surface area (Å²) in [5.74, 6) is 0.671. The van der Waals surface area contributed by atoms with E-state index in [1.165, 1.54) is 0 Å². The zero-order valence-corrected chi connectivity index (χ0v) is 8.71. The van der Waals surface area contributed by atoms with Gasteiger partial charge in [-0.25, -0.2) is 4.98 Å². The predicted molar refractivity (Wildman–Crippen MR) is 54.2 cm³/mol. The summed E-state index contributed by atoms with van der Waals surface area (Å²) in [4.78, 5) is 3.93. The van der Waals surface area contributed by atoms with Gasteiger partial charge in [0.05, 0.1) is 6.10 Å². The number of rotatable bonds is 4. The van der Waals surface area contributed by atoms with Crippen LogP contribution in [-0.2, 0) is 0 Å². The molecule has 0 bridgehead atoms. The standard InChI is InChI=1S/C10H14ClNO/c1-3-5-8(2)13-9-6-4-7-12-10(9)11/h4,6-8H,3,5H2,1-2H3. The van der Waals surface area contributed by atoms with E-state index in [9.17, 15) is 0 Å². The molecular formula is C10H14ClNO. The van der Waals surface area contributed by atoms with Gasteiger partial charge < -0.3 is 4.74 Å². The number of halogens is 1. The number of ether oxygens (including phenoxy) is 1. The first-order chi connectivity index (χ1) is 6.24. The third-order valence-corrected chi connectivity index (χ3v) is 2.03. The summed E-state index contributed by atoms with van der Waals surface area (Å²) in [5.41, 5.74) is 0. The molecule has 1 heterocycles. The average Bonchev–Trinajstić information content (AvgIpc) is 2.09. The second-order valence-electron chi connectivity index (χ2n) is 3.01. The Morgan fingerprint density at radius 3 is 3.00 bits per heavy atom. The molecule has 2 nitrogen and oxygen atoms in total. The molecular weight excluding hydrogens is 186 g/mol. The summed E-state index contributed by atoms with van der Waals surface area (Å²) >= 11 is 5.83. The highest BCUT2D eigenvalue weighted by atomic mass is 35.5. The fourth-order valence-corrected chi connectivity index (χ4v) is 1.31. The van der Waals surface area contributed by atoms with E-state index in [1.54, 1.807) is 6.20 Å². The Morgan fingerprint density at radius 2 is 2.38 bits per heavy atom. The van der Waals surface area contributed by atoms with Gasteiger partial charge in [0.15, 0.2) is 10.9 Å². The maximum Gasteiger partial charge on any atom is 0.171 e. The summed E-state index contributed by atoms with van der Waals surface area (Å²) in [6, 6.07) is 3.65. The van der Waals surface area contributed by atoms with Crippen LogP contribution in [0.3, 0.4) is 0 Å². The smallest absolute Gasteiger partial charge is 0.171 e. The molecule has 1 atom stereocenters. The van der Waals surface area contributed by atoms with Crippen LogP contribution < -0.4 is 4.74 Å². The van der Waals surface area contributed by atoms with E-state index in [2.05, 4.69) is 11.9 Å². The molecule has 72 valence electrons. The Morgan fingerprint density at radius 1 is 1.62 bits per heavy atom. The van der Waals surface area contributed by atoms with Gasteiger partial charge in [0, 0.05) is 6.20 Å². The lowest BCUT2D eigenvalue weighted by molar-refractivity contribution is 0.209. The molecule has 0 saturated heterocycles. The quantitative estimate of drug-likeness (QED) is 0.695. The minimum atomic E-state index is 0.201. The van der Waals surface area contributed by atoms with Crippen LogP contribution in [0.5, 0.6) is 5.75 Å². The minimum absolute atomic E-state index is 0.201. The molecule has 3 heteroatoms. The van der Waals surface area contributed by atoms with Crippen LogP contribution in [0.1, 0.15) is 26.7 Å². The highest BCUT2D eigenvalue weighted by Gasteiger charge is 2.05. The SMILES string of the molecule is CCCC(C)Oc1cccnc1Cl. The fraction of sp³-hybridized carbons (Fsp3) is 0.500. The number of hydrogen-bond donors (Lipinski definition) is 0. The van der Waals surface area contributed by atoms with E-state index in [-0.39, 0.29) is 6.10 Å². The maximum absolute atomic E-state index is 5.83. The van der Waals surface area contributed by atoms with Crippen molar-refractivity contribution in [3.63, 3.8) is 0 Å². The maximum atomic E-state index is 5.83. The van der Waals surface area contributed by atoms with Crippen molar-refractivity contribution in [3.8, 4) is 5.75 Å². The summed E-state index contributed by atoms with van der Waals surface area (Å²) in [6.45, 7) is 4.16. The molecule has 0 amide bonds. The summed E-state index contributed by atoms with van der Waals surface area (Å²) in [5, 5.41) is 0.436. The number of aromatic nitrogens is 1. The van der Waals surface area contributed by atoms with Crippen LogP contribution in [0.4, 0.5) is 0 Å². The molecule has 13 heavy (non-hydrogen) atoms. The first-order valence-corrected chi connectivity index (χ1v) is 4.89. The molecule has 1 rings (SSSR count). The summed E-state index contributed by atoms with van der Waals surface area (Å²) in [7, 11) is 0. The van der Waals surface area contributed by atoms with E-state index in [1.807, 2.05) is 19.1 Å². The molecule has 0 aliphatic heterocycles. The van der Waals surface area contributed by atoms with Crippen molar-refractivity contribution in [1.82, 2.24) is 4.98 Å². The Balaban J connectivity index is 2.58. The Bertz CT molecular complexity index is 265. The highest BCUT2D eigenvalue weighted by Crippen LogP contribution is 2.22. The Kier molecular flexibility index (Phi) is 4.03. The van der Waals surface area contributed by atoms with E-state index < -0.39 is 0 Å². The molecule has 0 aromatic carbocycles. The first kappa shape index (κ1) is 10.3. The predicted octanol–water partition coefficient (Wildman–Crippen LogP) is 3.30. The van der Waals surface area contributed by atoms with Crippen molar-refractivity contribution < 1.29 is 4.74 Å². The first-order valence-electron chi connectivity index (χ1n) is 4.51. The third kappa shape index (κ3) is 3.23. The average molecular weight is 200 g/mol. The van der Waals surface area contributed by atoms with Crippen LogP contribution in [0.2, 0.25) is 5.15 Å². The molecule has 0 N–H and O–H groups in total. The summed E-state index contributed by atoms with van der Waals surface area (Å²) < 4.78 is 5.59. The summed E-state index contributed by atoms with van der Waals surface area (Å²) in [6.07, 6.45) is 4.00. The lowest BCUT2D eigenvalue weighted by atomic mass is 10.2. The molecule has 1 unspecified atom stereocenters. The van der Waals surface area contributed by atoms with Gasteiger partial charge >= 0.3 is 0 Å². The third-order valence-electron chi connectivity index (χ3n) is 1.75. The van der Waals surface area contributed by atoms with Gasteiger partial charge in [-0.3, -0.25) is 0 Å². The van der Waals surface area contributed by atoms with Gasteiger partial charge in [0.25, 0.3) is 0 Å². The number of nitrogens with zero attached hydrogens (tertiary/aromatic N) is 1. The van der Waals surface area contributed by atoms with Gasteiger partial charge in [-0.2, -0.15) is 0 Å². The zero-order chi connectivity index (χ0) is 9.68. The Hall–Kier alpha value is -0.760. The second kappa shape index (κ2) is 5.07. The van der Waals surface area contributed by atoms with Crippen LogP contribution in [0.15, 0.2) is 18.3 Å². The second-order valence-corrected chi connectivity index (χ2v) is 3.37. The molecule has 1 aromatic rings. The van der Waals surface area contributed by atoms with Crippen molar-refractivity contribution in [2.75, 3.05) is 0 Å². The number of hydrogen-bond acceptors (Lipinski definition) is 2. The molecule has 0 aliphatic carbocycles. The molecule has 0 spiro atoms. The van der Waals surface area contributed by atoms with E-state index in [4.69, 9.17) is 16.3 Å². The number of pyridine rings is 1. The molecule has 1 aromatic heterocycles. The van der Waals surface area contributed by atoms with Crippen LogP contribution in [-0.4, -0.2) is 11.1 Å². The normalized spacial score (nSPS) is 12.5. The molecule has 0 radical (unpaired) electrons. The minimum Gasteiger partial charge on any atom is -0.487 e. The molecule has 0 saturated carbocycles. The van der Waals surface area contributed by atoms with Crippen LogP contribution >= 0.6 is 11.6 Å². The van der Waals surface area contributed by atoms with E-state index in [0.717, 1.165) is 12.8 Å². The van der Waals surface area contributed by atoms with Crippen molar-refractivity contribution in [2.45, 2.75) is 32.8 Å².